The first-order valence-corrected chi connectivity index (χ1v) is 13.2. The molecule has 3 aromatic rings. The summed E-state index contributed by atoms with van der Waals surface area (Å²) in [4.78, 5) is 14.6. The van der Waals surface area contributed by atoms with E-state index >= 15 is 0 Å². The van der Waals surface area contributed by atoms with Crippen molar-refractivity contribution in [2.45, 2.75) is 38.2 Å². The first-order valence-electron chi connectivity index (χ1n) is 13.2. The number of anilines is 3. The lowest BCUT2D eigenvalue weighted by atomic mass is 10.1. The molecule has 0 spiro atoms. The van der Waals surface area contributed by atoms with Crippen LogP contribution in [0.25, 0.3) is 0 Å². The molecule has 0 N–H and O–H groups in total. The number of hydrogen-bond donors (Lipinski definition) is 0. The molecule has 1 aromatic heterocycles. The number of benzene rings is 2. The summed E-state index contributed by atoms with van der Waals surface area (Å²) in [6.45, 7) is 5.15. The highest BCUT2D eigenvalue weighted by Gasteiger charge is 2.35. The summed E-state index contributed by atoms with van der Waals surface area (Å²) in [6.07, 6.45) is -6.83. The molecule has 220 valence electrons. The fourth-order valence-electron chi connectivity index (χ4n) is 5.22. The summed E-state index contributed by atoms with van der Waals surface area (Å²) in [7, 11) is 0. The standard InChI is InChI=1S/C28H28F7N5O/c1-18-25(40-14-12-39(13-15-40)20-4-2-19(3-5-20)27(30,31)32)36-17-37-26(18)41-22-8-10-38(11-9-22)21-6-7-24(29)23(16-21)28(33,34)35/h2-7,16-17,22H,8-15H2,1H3. The SMILES string of the molecule is Cc1c(OC2CCN(c3ccc(F)c(C(F)(F)F)c3)CC2)ncnc1N1CCN(c2ccc(C(F)(F)F)cc2)CC1. The Morgan fingerprint density at radius 1 is 0.732 bits per heavy atom. The van der Waals surface area contributed by atoms with Crippen molar-refractivity contribution in [2.75, 3.05) is 54.0 Å². The summed E-state index contributed by atoms with van der Waals surface area (Å²) in [5.74, 6) is -0.152. The maximum atomic E-state index is 13.7. The third-order valence-electron chi connectivity index (χ3n) is 7.49. The number of halogens is 7. The number of rotatable bonds is 5. The summed E-state index contributed by atoms with van der Waals surface area (Å²) in [5, 5.41) is 0. The highest BCUT2D eigenvalue weighted by atomic mass is 19.4. The van der Waals surface area contributed by atoms with E-state index < -0.39 is 29.3 Å². The van der Waals surface area contributed by atoms with Crippen molar-refractivity contribution >= 4 is 17.2 Å². The molecule has 0 aliphatic carbocycles. The van der Waals surface area contributed by atoms with Gasteiger partial charge in [0.25, 0.3) is 0 Å². The monoisotopic (exact) mass is 583 g/mol. The minimum Gasteiger partial charge on any atom is -0.474 e. The molecule has 0 radical (unpaired) electrons. The van der Waals surface area contributed by atoms with Gasteiger partial charge in [0.15, 0.2) is 0 Å². The van der Waals surface area contributed by atoms with Crippen LogP contribution >= 0.6 is 0 Å². The third kappa shape index (κ3) is 6.43. The second kappa shape index (κ2) is 11.2. The Hall–Kier alpha value is -3.77. The van der Waals surface area contributed by atoms with E-state index in [1.807, 2.05) is 11.8 Å². The highest BCUT2D eigenvalue weighted by molar-refractivity contribution is 5.54. The molecule has 0 unspecified atom stereocenters. The molecule has 2 fully saturated rings. The van der Waals surface area contributed by atoms with E-state index in [0.717, 1.165) is 35.5 Å². The summed E-state index contributed by atoms with van der Waals surface area (Å²) >= 11 is 0. The first-order chi connectivity index (χ1) is 19.4. The number of nitrogens with zero attached hydrogens (tertiary/aromatic N) is 5. The molecule has 2 aliphatic heterocycles. The second-order valence-corrected chi connectivity index (χ2v) is 10.1. The zero-order chi connectivity index (χ0) is 29.4. The minimum atomic E-state index is -4.77. The molecular formula is C28H28F7N5O. The van der Waals surface area contributed by atoms with Crippen LogP contribution in [-0.2, 0) is 12.4 Å². The average molecular weight is 584 g/mol. The van der Waals surface area contributed by atoms with Crippen LogP contribution in [0.3, 0.4) is 0 Å². The smallest absolute Gasteiger partial charge is 0.419 e. The van der Waals surface area contributed by atoms with Crippen molar-refractivity contribution in [2.24, 2.45) is 0 Å². The largest absolute Gasteiger partial charge is 0.474 e. The summed E-state index contributed by atoms with van der Waals surface area (Å²) < 4.78 is 97.9. The quantitative estimate of drug-likeness (QED) is 0.327. The van der Waals surface area contributed by atoms with Crippen molar-refractivity contribution in [3.63, 3.8) is 0 Å². The number of piperidine rings is 1. The minimum absolute atomic E-state index is 0.202. The molecule has 0 amide bonds. The van der Waals surface area contributed by atoms with Gasteiger partial charge in [-0.1, -0.05) is 0 Å². The fraction of sp³-hybridized carbons (Fsp3) is 0.429. The van der Waals surface area contributed by atoms with Crippen LogP contribution in [0.1, 0.15) is 29.5 Å². The van der Waals surface area contributed by atoms with E-state index in [0.29, 0.717) is 69.5 Å². The molecule has 2 saturated heterocycles. The summed E-state index contributed by atoms with van der Waals surface area (Å²) in [6, 6.07) is 8.18. The molecule has 2 aliphatic rings. The Balaban J connectivity index is 1.18. The first kappa shape index (κ1) is 28.7. The van der Waals surface area contributed by atoms with Gasteiger partial charge in [0.05, 0.1) is 16.7 Å². The molecule has 5 rings (SSSR count). The Morgan fingerprint density at radius 2 is 1.32 bits per heavy atom. The van der Waals surface area contributed by atoms with Crippen molar-refractivity contribution in [3.8, 4) is 5.88 Å². The van der Waals surface area contributed by atoms with Crippen molar-refractivity contribution in [1.29, 1.82) is 0 Å². The number of aromatic nitrogens is 2. The molecule has 41 heavy (non-hydrogen) atoms. The van der Waals surface area contributed by atoms with Crippen LogP contribution in [0.2, 0.25) is 0 Å². The predicted octanol–water partition coefficient (Wildman–Crippen LogP) is 6.34. The lowest BCUT2D eigenvalue weighted by Crippen LogP contribution is -2.47. The van der Waals surface area contributed by atoms with Gasteiger partial charge in [-0.05, 0) is 49.4 Å². The van der Waals surface area contributed by atoms with Crippen LogP contribution < -0.4 is 19.4 Å². The van der Waals surface area contributed by atoms with Crippen LogP contribution in [0, 0.1) is 12.7 Å². The van der Waals surface area contributed by atoms with E-state index in [2.05, 4.69) is 14.9 Å². The van der Waals surface area contributed by atoms with Gasteiger partial charge in [-0.3, -0.25) is 0 Å². The van der Waals surface area contributed by atoms with Crippen molar-refractivity contribution in [3.05, 3.63) is 71.3 Å². The van der Waals surface area contributed by atoms with Gasteiger partial charge in [0.1, 0.15) is 24.1 Å². The molecule has 0 saturated carbocycles. The number of ether oxygens (including phenoxy) is 1. The van der Waals surface area contributed by atoms with Crippen LogP contribution in [0.4, 0.5) is 47.9 Å². The van der Waals surface area contributed by atoms with Gasteiger partial charge in [-0.15, -0.1) is 0 Å². The number of alkyl halides is 6. The lowest BCUT2D eigenvalue weighted by molar-refractivity contribution is -0.140. The van der Waals surface area contributed by atoms with Gasteiger partial charge in [-0.2, -0.15) is 26.3 Å². The van der Waals surface area contributed by atoms with E-state index in [9.17, 15) is 30.7 Å². The zero-order valence-electron chi connectivity index (χ0n) is 22.1. The Labute approximate surface area is 232 Å². The molecule has 2 aromatic carbocycles. The Bertz CT molecular complexity index is 1350. The maximum absolute atomic E-state index is 13.7. The van der Waals surface area contributed by atoms with E-state index in [1.54, 1.807) is 4.90 Å². The van der Waals surface area contributed by atoms with Gasteiger partial charge in [0.2, 0.25) is 5.88 Å². The van der Waals surface area contributed by atoms with E-state index in [1.165, 1.54) is 24.5 Å². The molecule has 0 atom stereocenters. The average Bonchev–Trinajstić information content (AvgIpc) is 2.94. The normalized spacial score (nSPS) is 17.2. The zero-order valence-corrected chi connectivity index (χ0v) is 22.1. The van der Waals surface area contributed by atoms with E-state index in [-0.39, 0.29) is 6.10 Å². The fourth-order valence-corrected chi connectivity index (χ4v) is 5.22. The number of piperazine rings is 1. The predicted molar refractivity (Wildman–Crippen MR) is 140 cm³/mol. The molecular weight excluding hydrogens is 555 g/mol. The van der Waals surface area contributed by atoms with Crippen LogP contribution in [0.15, 0.2) is 48.8 Å². The van der Waals surface area contributed by atoms with Gasteiger partial charge in [-0.25, -0.2) is 14.4 Å². The lowest BCUT2D eigenvalue weighted by Gasteiger charge is -2.37. The summed E-state index contributed by atoms with van der Waals surface area (Å²) in [5.41, 5.74) is -0.166. The number of hydrogen-bond acceptors (Lipinski definition) is 6. The maximum Gasteiger partial charge on any atom is 0.419 e. The van der Waals surface area contributed by atoms with Crippen molar-refractivity contribution in [1.82, 2.24) is 9.97 Å². The van der Waals surface area contributed by atoms with Crippen LogP contribution in [-0.4, -0.2) is 55.3 Å². The Morgan fingerprint density at radius 3 is 1.93 bits per heavy atom. The van der Waals surface area contributed by atoms with Gasteiger partial charge in [0, 0.05) is 63.5 Å². The van der Waals surface area contributed by atoms with Gasteiger partial charge < -0.3 is 19.4 Å². The second-order valence-electron chi connectivity index (χ2n) is 10.1. The third-order valence-corrected chi connectivity index (χ3v) is 7.49. The molecule has 0 bridgehead atoms. The molecule has 3 heterocycles. The van der Waals surface area contributed by atoms with Crippen LogP contribution in [0.5, 0.6) is 5.88 Å². The topological polar surface area (TPSA) is 44.7 Å². The Kier molecular flexibility index (Phi) is 7.89. The van der Waals surface area contributed by atoms with Gasteiger partial charge >= 0.3 is 12.4 Å². The van der Waals surface area contributed by atoms with Crippen molar-refractivity contribution < 1.29 is 35.5 Å². The highest BCUT2D eigenvalue weighted by Crippen LogP contribution is 2.35. The molecule has 13 heteroatoms. The molecule has 6 nitrogen and oxygen atoms in total. The van der Waals surface area contributed by atoms with E-state index in [4.69, 9.17) is 4.74 Å².